The summed E-state index contributed by atoms with van der Waals surface area (Å²) >= 11 is 0. The van der Waals surface area contributed by atoms with Gasteiger partial charge in [0.2, 0.25) is 5.95 Å². The minimum atomic E-state index is 0.116. The van der Waals surface area contributed by atoms with Crippen molar-refractivity contribution in [1.29, 1.82) is 5.26 Å². The fourth-order valence-electron chi connectivity index (χ4n) is 3.71. The molecule has 4 rings (SSSR count). The van der Waals surface area contributed by atoms with Crippen LogP contribution in [0.15, 0.2) is 54.7 Å². The molecule has 0 amide bonds. The number of ether oxygens (including phenoxy) is 2. The van der Waals surface area contributed by atoms with Gasteiger partial charge in [-0.2, -0.15) is 5.26 Å². The Kier molecular flexibility index (Phi) is 7.84. The summed E-state index contributed by atoms with van der Waals surface area (Å²) < 4.78 is 10.6. The van der Waals surface area contributed by atoms with Gasteiger partial charge < -0.3 is 25.5 Å². The normalized spacial score (nSPS) is 15.6. The van der Waals surface area contributed by atoms with Gasteiger partial charge >= 0.3 is 0 Å². The van der Waals surface area contributed by atoms with E-state index < -0.39 is 0 Å². The summed E-state index contributed by atoms with van der Waals surface area (Å²) in [6, 6.07) is 17.0. The molecule has 1 unspecified atom stereocenters. The third kappa shape index (κ3) is 6.51. The average molecular weight is 473 g/mol. The zero-order valence-corrected chi connectivity index (χ0v) is 19.5. The smallest absolute Gasteiger partial charge is 0.224 e. The van der Waals surface area contributed by atoms with E-state index in [2.05, 4.69) is 26.3 Å². The van der Waals surface area contributed by atoms with Crippen LogP contribution in [0.2, 0.25) is 0 Å². The summed E-state index contributed by atoms with van der Waals surface area (Å²) in [5.74, 6) is 6.65. The van der Waals surface area contributed by atoms with Crippen LogP contribution in [-0.2, 0) is 22.6 Å². The second-order valence-corrected chi connectivity index (χ2v) is 8.17. The Hall–Kier alpha value is -4.04. The second-order valence-electron chi connectivity index (χ2n) is 8.17. The van der Waals surface area contributed by atoms with E-state index in [0.717, 1.165) is 23.4 Å². The van der Waals surface area contributed by atoms with E-state index in [9.17, 15) is 5.26 Å². The van der Waals surface area contributed by atoms with Gasteiger partial charge in [0.15, 0.2) is 0 Å². The molecule has 0 aliphatic carbocycles. The molecule has 2 aromatic heterocycles. The highest BCUT2D eigenvalue weighted by atomic mass is 16.5. The first-order chi connectivity index (χ1) is 17.0. The molecule has 0 radical (unpaired) electrons. The van der Waals surface area contributed by atoms with Gasteiger partial charge in [-0.15, -0.1) is 0 Å². The molecule has 0 saturated carbocycles. The Balaban J connectivity index is 1.61. The molecule has 0 spiro atoms. The number of hydrazine groups is 1. The summed E-state index contributed by atoms with van der Waals surface area (Å²) in [7, 11) is 1.63. The molecule has 1 atom stereocenters. The number of rotatable bonds is 9. The van der Waals surface area contributed by atoms with Crippen LogP contribution in [0.4, 0.5) is 5.95 Å². The van der Waals surface area contributed by atoms with Gasteiger partial charge in [-0.3, -0.25) is 4.98 Å². The molecule has 10 nitrogen and oxygen atoms in total. The Bertz CT molecular complexity index is 1230. The number of anilines is 1. The molecule has 5 N–H and O–H groups in total. The Morgan fingerprint density at radius 3 is 2.83 bits per heavy atom. The quantitative estimate of drug-likeness (QED) is 0.313. The van der Waals surface area contributed by atoms with Gasteiger partial charge in [0, 0.05) is 25.5 Å². The lowest BCUT2D eigenvalue weighted by molar-refractivity contribution is 0.181. The molecule has 1 aliphatic heterocycles. The SMILES string of the molecule is COCc1cccc(CN(N)/C=C(\N)c2cc(-c3cccc(C#N)c3)nc(NC3CCOC3)n2)n1. The first-order valence-corrected chi connectivity index (χ1v) is 11.2. The predicted octanol–water partition coefficient (Wildman–Crippen LogP) is 2.39. The maximum Gasteiger partial charge on any atom is 0.224 e. The lowest BCUT2D eigenvalue weighted by atomic mass is 10.1. The van der Waals surface area contributed by atoms with E-state index in [1.54, 1.807) is 31.5 Å². The number of nitrogens with two attached hydrogens (primary N) is 2. The number of pyridine rings is 1. The van der Waals surface area contributed by atoms with Gasteiger partial charge in [-0.1, -0.05) is 18.2 Å². The highest BCUT2D eigenvalue weighted by Crippen LogP contribution is 2.23. The topological polar surface area (TPSA) is 148 Å². The largest absolute Gasteiger partial charge is 0.396 e. The van der Waals surface area contributed by atoms with Gasteiger partial charge in [-0.25, -0.2) is 15.8 Å². The third-order valence-corrected chi connectivity index (χ3v) is 5.38. The average Bonchev–Trinajstić information content (AvgIpc) is 3.37. The van der Waals surface area contributed by atoms with Crippen LogP contribution in [0.25, 0.3) is 17.0 Å². The zero-order chi connectivity index (χ0) is 24.6. The number of nitrogens with one attached hydrogen (secondary N) is 1. The molecule has 3 aromatic rings. The molecule has 10 heteroatoms. The van der Waals surface area contributed by atoms with E-state index in [4.69, 9.17) is 21.1 Å². The molecule has 1 aliphatic rings. The predicted molar refractivity (Wildman–Crippen MR) is 132 cm³/mol. The molecule has 3 heterocycles. The van der Waals surface area contributed by atoms with Crippen molar-refractivity contribution in [3.8, 4) is 17.3 Å². The lowest BCUT2D eigenvalue weighted by Crippen LogP contribution is -2.26. The fourth-order valence-corrected chi connectivity index (χ4v) is 3.71. The fraction of sp³-hybridized carbons (Fsp3) is 0.280. The van der Waals surface area contributed by atoms with E-state index in [-0.39, 0.29) is 6.04 Å². The number of nitriles is 1. The first kappa shape index (κ1) is 24.1. The second kappa shape index (κ2) is 11.4. The van der Waals surface area contributed by atoms with Crippen molar-refractivity contribution in [2.24, 2.45) is 11.6 Å². The third-order valence-electron chi connectivity index (χ3n) is 5.38. The van der Waals surface area contributed by atoms with E-state index in [1.807, 2.05) is 30.3 Å². The first-order valence-electron chi connectivity index (χ1n) is 11.2. The standard InChI is InChI=1S/C25H28N8O2/c1-34-15-20-7-3-6-19(29-20)13-33(28)14-22(27)24-11-23(18-5-2-4-17(10-18)12-26)31-25(32-24)30-21-8-9-35-16-21/h2-7,10-11,14,21H,8-9,13,15-16,27-28H2,1H3,(H,30,31,32)/b22-14-. The van der Waals surface area contributed by atoms with Crippen LogP contribution < -0.4 is 16.9 Å². The summed E-state index contributed by atoms with van der Waals surface area (Å²) in [5, 5.41) is 14.1. The van der Waals surface area contributed by atoms with Crippen molar-refractivity contribution in [3.63, 3.8) is 0 Å². The maximum atomic E-state index is 9.29. The van der Waals surface area contributed by atoms with Gasteiger partial charge in [0.1, 0.15) is 0 Å². The molecule has 0 bridgehead atoms. The summed E-state index contributed by atoms with van der Waals surface area (Å²) in [6.07, 6.45) is 2.48. The minimum Gasteiger partial charge on any atom is -0.396 e. The van der Waals surface area contributed by atoms with Crippen molar-refractivity contribution in [2.45, 2.75) is 25.6 Å². The molecule has 35 heavy (non-hydrogen) atoms. The van der Waals surface area contributed by atoms with Gasteiger partial charge in [0.05, 0.1) is 65.9 Å². The maximum absolute atomic E-state index is 9.29. The highest BCUT2D eigenvalue weighted by molar-refractivity contribution is 5.69. The molecule has 180 valence electrons. The summed E-state index contributed by atoms with van der Waals surface area (Å²) in [6.45, 7) is 2.06. The van der Waals surface area contributed by atoms with E-state index in [0.29, 0.717) is 55.0 Å². The number of benzene rings is 1. The Morgan fingerprint density at radius 2 is 2.06 bits per heavy atom. The number of hydrogen-bond acceptors (Lipinski definition) is 10. The lowest BCUT2D eigenvalue weighted by Gasteiger charge is -2.16. The zero-order valence-electron chi connectivity index (χ0n) is 19.5. The summed E-state index contributed by atoms with van der Waals surface area (Å²) in [5.41, 5.74) is 10.9. The van der Waals surface area contributed by atoms with Crippen LogP contribution in [0.1, 0.15) is 29.1 Å². The van der Waals surface area contributed by atoms with Crippen molar-refractivity contribution in [1.82, 2.24) is 20.0 Å². The van der Waals surface area contributed by atoms with E-state index in [1.165, 1.54) is 5.01 Å². The molecular weight excluding hydrogens is 444 g/mol. The minimum absolute atomic E-state index is 0.116. The van der Waals surface area contributed by atoms with Gasteiger partial charge in [0.25, 0.3) is 0 Å². The molecule has 1 fully saturated rings. The van der Waals surface area contributed by atoms with E-state index >= 15 is 0 Å². The summed E-state index contributed by atoms with van der Waals surface area (Å²) in [4.78, 5) is 13.8. The van der Waals surface area contributed by atoms with Crippen molar-refractivity contribution in [3.05, 3.63) is 77.4 Å². The van der Waals surface area contributed by atoms with Crippen molar-refractivity contribution >= 4 is 11.6 Å². The Morgan fingerprint density at radius 1 is 1.23 bits per heavy atom. The highest BCUT2D eigenvalue weighted by Gasteiger charge is 2.18. The monoisotopic (exact) mass is 472 g/mol. The molecular formula is C25H28N8O2. The van der Waals surface area contributed by atoms with Crippen LogP contribution in [0.3, 0.4) is 0 Å². The number of nitrogens with zero attached hydrogens (tertiary/aromatic N) is 5. The number of hydrogen-bond donors (Lipinski definition) is 3. The molecule has 1 aromatic carbocycles. The molecule has 1 saturated heterocycles. The van der Waals surface area contributed by atoms with Crippen LogP contribution >= 0.6 is 0 Å². The van der Waals surface area contributed by atoms with Gasteiger partial charge in [-0.05, 0) is 36.8 Å². The van der Waals surface area contributed by atoms with Crippen LogP contribution in [0, 0.1) is 11.3 Å². The van der Waals surface area contributed by atoms with Crippen LogP contribution in [-0.4, -0.2) is 46.3 Å². The van der Waals surface area contributed by atoms with Crippen molar-refractivity contribution in [2.75, 3.05) is 25.6 Å². The number of aromatic nitrogens is 3. The van der Waals surface area contributed by atoms with Crippen LogP contribution in [0.5, 0.6) is 0 Å². The van der Waals surface area contributed by atoms with Crippen molar-refractivity contribution < 1.29 is 9.47 Å². The number of methoxy groups -OCH3 is 1. The Labute approximate surface area is 204 Å².